The molecule has 3 heteroatoms. The first-order valence-corrected chi connectivity index (χ1v) is 7.09. The Morgan fingerprint density at radius 2 is 1.75 bits per heavy atom. The van der Waals surface area contributed by atoms with Gasteiger partial charge < -0.3 is 4.74 Å². The number of hydrogen-bond donors (Lipinski definition) is 0. The second kappa shape index (κ2) is 5.69. The number of hydrogen-bond acceptors (Lipinski definition) is 1. The molecule has 0 heterocycles. The van der Waals surface area contributed by atoms with Crippen molar-refractivity contribution in [3.8, 4) is 5.75 Å². The normalized spacial score (nSPS) is 10.6. The van der Waals surface area contributed by atoms with Gasteiger partial charge in [0, 0.05) is 9.80 Å². The lowest BCUT2D eigenvalue weighted by Gasteiger charge is -2.06. The third kappa shape index (κ3) is 2.98. The van der Waals surface area contributed by atoms with Crippen molar-refractivity contribution in [1.29, 1.82) is 0 Å². The van der Waals surface area contributed by atoms with Gasteiger partial charge in [-0.25, -0.2) is 0 Å². The van der Waals surface area contributed by atoms with Gasteiger partial charge in [-0.1, -0.05) is 44.0 Å². The Hall–Kier alpha value is -0.540. The minimum absolute atomic E-state index is 0.757. The fourth-order valence-corrected chi connectivity index (χ4v) is 2.14. The van der Waals surface area contributed by atoms with Gasteiger partial charge in [-0.2, -0.15) is 0 Å². The van der Waals surface area contributed by atoms with E-state index in [-0.39, 0.29) is 0 Å². The Bertz CT molecular complexity index is 482. The molecule has 0 unspecified atom stereocenters. The minimum Gasteiger partial charge on any atom is -0.494 e. The molecule has 2 aromatic rings. The molecule has 0 amide bonds. The van der Waals surface area contributed by atoms with Gasteiger partial charge >= 0.3 is 0 Å². The summed E-state index contributed by atoms with van der Waals surface area (Å²) in [6.07, 6.45) is 1.03. The van der Waals surface area contributed by atoms with Crippen molar-refractivity contribution in [3.05, 3.63) is 40.9 Å². The molecule has 0 spiro atoms. The van der Waals surface area contributed by atoms with Crippen LogP contribution in [-0.4, -0.2) is 11.9 Å². The molecule has 0 saturated carbocycles. The summed E-state index contributed by atoms with van der Waals surface area (Å²) in [6, 6.07) is 12.4. The Kier molecular flexibility index (Phi) is 4.24. The van der Waals surface area contributed by atoms with Crippen LogP contribution in [0.4, 0.5) is 0 Å². The zero-order valence-electron chi connectivity index (χ0n) is 8.75. The minimum atomic E-state index is 0.757. The number of benzene rings is 2. The van der Waals surface area contributed by atoms with Crippen LogP contribution in [0.2, 0.25) is 0 Å². The third-order valence-corrected chi connectivity index (χ3v) is 3.37. The molecule has 84 valence electrons. The monoisotopic (exact) mass is 342 g/mol. The number of halogens is 2. The van der Waals surface area contributed by atoms with E-state index in [1.54, 1.807) is 0 Å². The van der Waals surface area contributed by atoms with Crippen LogP contribution in [0, 0.1) is 0 Å². The Morgan fingerprint density at radius 1 is 1.00 bits per heavy atom. The highest BCUT2D eigenvalue weighted by molar-refractivity contribution is 9.10. The van der Waals surface area contributed by atoms with Crippen molar-refractivity contribution in [1.82, 2.24) is 0 Å². The summed E-state index contributed by atoms with van der Waals surface area (Å²) in [7, 11) is 0. The Morgan fingerprint density at radius 3 is 2.56 bits per heavy atom. The van der Waals surface area contributed by atoms with E-state index >= 15 is 0 Å². The maximum absolute atomic E-state index is 5.64. The summed E-state index contributed by atoms with van der Waals surface area (Å²) in [6.45, 7) is 0.757. The van der Waals surface area contributed by atoms with Crippen molar-refractivity contribution in [3.63, 3.8) is 0 Å². The number of fused-ring (bicyclic) bond motifs is 1. The van der Waals surface area contributed by atoms with Crippen LogP contribution in [0.5, 0.6) is 5.75 Å². The first-order valence-electron chi connectivity index (χ1n) is 5.18. The predicted octanol–water partition coefficient (Wildman–Crippen LogP) is 4.77. The largest absolute Gasteiger partial charge is 0.494 e. The van der Waals surface area contributed by atoms with Gasteiger partial charge in [-0.3, -0.25) is 0 Å². The van der Waals surface area contributed by atoms with Crippen LogP contribution < -0.4 is 4.74 Å². The smallest absolute Gasteiger partial charge is 0.119 e. The van der Waals surface area contributed by atoms with E-state index in [4.69, 9.17) is 4.74 Å². The molecule has 0 aliphatic carbocycles. The van der Waals surface area contributed by atoms with Crippen LogP contribution in [0.3, 0.4) is 0 Å². The molecular weight excluding hydrogens is 332 g/mol. The molecular formula is C13H12Br2O. The third-order valence-electron chi connectivity index (χ3n) is 2.32. The Balaban J connectivity index is 2.20. The van der Waals surface area contributed by atoms with Crippen molar-refractivity contribution < 1.29 is 4.74 Å². The average Bonchev–Trinajstić information content (AvgIpc) is 2.29. The summed E-state index contributed by atoms with van der Waals surface area (Å²) in [5.74, 6) is 0.941. The molecule has 2 rings (SSSR count). The number of alkyl halides is 1. The second-order valence-corrected chi connectivity index (χ2v) is 5.25. The van der Waals surface area contributed by atoms with E-state index in [0.717, 1.165) is 28.6 Å². The summed E-state index contributed by atoms with van der Waals surface area (Å²) in [4.78, 5) is 0. The van der Waals surface area contributed by atoms with Gasteiger partial charge in [0.15, 0.2) is 0 Å². The molecule has 0 radical (unpaired) electrons. The molecule has 0 fully saturated rings. The van der Waals surface area contributed by atoms with Gasteiger partial charge in [0.1, 0.15) is 5.75 Å². The maximum Gasteiger partial charge on any atom is 0.119 e. The molecule has 2 aromatic carbocycles. The van der Waals surface area contributed by atoms with Crippen molar-refractivity contribution in [2.45, 2.75) is 6.42 Å². The molecule has 0 atom stereocenters. The highest BCUT2D eigenvalue weighted by Crippen LogP contribution is 2.24. The summed E-state index contributed by atoms with van der Waals surface area (Å²) in [5.41, 5.74) is 0. The van der Waals surface area contributed by atoms with E-state index in [0.29, 0.717) is 0 Å². The van der Waals surface area contributed by atoms with E-state index in [2.05, 4.69) is 56.1 Å². The first kappa shape index (κ1) is 11.9. The van der Waals surface area contributed by atoms with Crippen LogP contribution >= 0.6 is 31.9 Å². The van der Waals surface area contributed by atoms with Crippen molar-refractivity contribution >= 4 is 42.6 Å². The molecule has 0 saturated heterocycles. The van der Waals surface area contributed by atoms with Crippen LogP contribution in [0.1, 0.15) is 6.42 Å². The van der Waals surface area contributed by atoms with Gasteiger partial charge in [0.05, 0.1) is 6.61 Å². The van der Waals surface area contributed by atoms with Crippen molar-refractivity contribution in [2.75, 3.05) is 11.9 Å². The first-order chi connectivity index (χ1) is 7.79. The van der Waals surface area contributed by atoms with E-state index < -0.39 is 0 Å². The van der Waals surface area contributed by atoms with Crippen LogP contribution in [0.15, 0.2) is 40.9 Å². The lowest BCUT2D eigenvalue weighted by molar-refractivity contribution is 0.319. The zero-order chi connectivity index (χ0) is 11.4. The maximum atomic E-state index is 5.64. The van der Waals surface area contributed by atoms with Crippen molar-refractivity contribution in [2.24, 2.45) is 0 Å². The zero-order valence-corrected chi connectivity index (χ0v) is 11.9. The fourth-order valence-electron chi connectivity index (χ4n) is 1.53. The van der Waals surface area contributed by atoms with E-state index in [1.807, 2.05) is 12.1 Å². The van der Waals surface area contributed by atoms with Gasteiger partial charge in [0.25, 0.3) is 0 Å². The SMILES string of the molecule is BrCCCOc1ccc2cc(Br)ccc2c1. The molecule has 0 bridgehead atoms. The molecule has 16 heavy (non-hydrogen) atoms. The summed E-state index contributed by atoms with van der Waals surface area (Å²) < 4.78 is 6.75. The highest BCUT2D eigenvalue weighted by atomic mass is 79.9. The van der Waals surface area contributed by atoms with Crippen LogP contribution in [0.25, 0.3) is 10.8 Å². The number of ether oxygens (including phenoxy) is 1. The lowest BCUT2D eigenvalue weighted by atomic mass is 10.1. The molecule has 0 N–H and O–H groups in total. The summed E-state index contributed by atoms with van der Waals surface area (Å²) >= 11 is 6.85. The standard InChI is InChI=1S/C13H12Br2O/c14-6-1-7-16-13-5-3-10-8-12(15)4-2-11(10)9-13/h2-5,8-9H,1,6-7H2. The average molecular weight is 344 g/mol. The molecule has 0 aromatic heterocycles. The quantitative estimate of drug-likeness (QED) is 0.574. The molecule has 0 aliphatic rings. The predicted molar refractivity (Wildman–Crippen MR) is 75.6 cm³/mol. The molecule has 0 aliphatic heterocycles. The fraction of sp³-hybridized carbons (Fsp3) is 0.231. The van der Waals surface area contributed by atoms with Gasteiger partial charge in [-0.05, 0) is 41.5 Å². The van der Waals surface area contributed by atoms with E-state index in [1.165, 1.54) is 10.8 Å². The number of rotatable bonds is 4. The molecule has 1 nitrogen and oxygen atoms in total. The Labute approximate surface area is 112 Å². The topological polar surface area (TPSA) is 9.23 Å². The highest BCUT2D eigenvalue weighted by Gasteiger charge is 1.98. The van der Waals surface area contributed by atoms with E-state index in [9.17, 15) is 0 Å². The lowest BCUT2D eigenvalue weighted by Crippen LogP contribution is -1.97. The summed E-state index contributed by atoms with van der Waals surface area (Å²) in [5, 5.41) is 3.41. The van der Waals surface area contributed by atoms with Gasteiger partial charge in [0.2, 0.25) is 0 Å². The second-order valence-electron chi connectivity index (χ2n) is 3.54. The van der Waals surface area contributed by atoms with Crippen LogP contribution in [-0.2, 0) is 0 Å². The van der Waals surface area contributed by atoms with Gasteiger partial charge in [-0.15, -0.1) is 0 Å².